The molecule has 1 aromatic heterocycles. The summed E-state index contributed by atoms with van der Waals surface area (Å²) in [4.78, 5) is 0. The van der Waals surface area contributed by atoms with E-state index in [2.05, 4.69) is 10.2 Å². The Balaban J connectivity index is 2.52. The summed E-state index contributed by atoms with van der Waals surface area (Å²) in [5.41, 5.74) is 5.83. The van der Waals surface area contributed by atoms with Crippen LogP contribution in [0.3, 0.4) is 0 Å². The summed E-state index contributed by atoms with van der Waals surface area (Å²) >= 11 is 0. The van der Waals surface area contributed by atoms with E-state index in [0.717, 1.165) is 6.07 Å². The molecule has 2 aromatic rings. The average molecular weight is 266 g/mol. The van der Waals surface area contributed by atoms with Crippen molar-refractivity contribution in [3.8, 4) is 11.4 Å². The standard InChI is InChI=1S/C13H16F2N4/c1-8(2)7-19-12(6-16)17-18-13(19)10-4-3-9(14)5-11(10)15/h3-5,8H,6-7,16H2,1-2H3. The Labute approximate surface area is 110 Å². The minimum Gasteiger partial charge on any atom is -0.324 e. The Hall–Kier alpha value is -1.82. The molecule has 2 rings (SSSR count). The van der Waals surface area contributed by atoms with Gasteiger partial charge in [0.05, 0.1) is 12.1 Å². The van der Waals surface area contributed by atoms with Gasteiger partial charge in [0, 0.05) is 12.6 Å². The summed E-state index contributed by atoms with van der Waals surface area (Å²) in [5, 5.41) is 7.93. The minimum absolute atomic E-state index is 0.225. The number of benzene rings is 1. The predicted molar refractivity (Wildman–Crippen MR) is 68.1 cm³/mol. The van der Waals surface area contributed by atoms with Crippen LogP contribution in [0.2, 0.25) is 0 Å². The van der Waals surface area contributed by atoms with E-state index in [9.17, 15) is 8.78 Å². The Morgan fingerprint density at radius 1 is 1.26 bits per heavy atom. The maximum absolute atomic E-state index is 13.8. The van der Waals surface area contributed by atoms with Gasteiger partial charge in [0.25, 0.3) is 0 Å². The zero-order chi connectivity index (χ0) is 14.0. The van der Waals surface area contributed by atoms with Gasteiger partial charge >= 0.3 is 0 Å². The molecule has 0 radical (unpaired) electrons. The molecule has 0 bridgehead atoms. The van der Waals surface area contributed by atoms with Crippen LogP contribution in [0.15, 0.2) is 18.2 Å². The smallest absolute Gasteiger partial charge is 0.166 e. The first-order valence-corrected chi connectivity index (χ1v) is 6.10. The molecule has 0 saturated heterocycles. The van der Waals surface area contributed by atoms with E-state index < -0.39 is 11.6 Å². The second-order valence-corrected chi connectivity index (χ2v) is 4.77. The highest BCUT2D eigenvalue weighted by Gasteiger charge is 2.17. The summed E-state index contributed by atoms with van der Waals surface area (Å²) < 4.78 is 28.5. The van der Waals surface area contributed by atoms with Crippen LogP contribution in [0.5, 0.6) is 0 Å². The summed E-state index contributed by atoms with van der Waals surface area (Å²) in [5.74, 6) is 0.0406. The second-order valence-electron chi connectivity index (χ2n) is 4.77. The molecule has 0 aliphatic carbocycles. The second kappa shape index (κ2) is 5.44. The lowest BCUT2D eigenvalue weighted by atomic mass is 10.1. The van der Waals surface area contributed by atoms with Gasteiger partial charge in [-0.3, -0.25) is 0 Å². The molecular formula is C13H16F2N4. The highest BCUT2D eigenvalue weighted by Crippen LogP contribution is 2.23. The van der Waals surface area contributed by atoms with Gasteiger partial charge < -0.3 is 10.3 Å². The van der Waals surface area contributed by atoms with Gasteiger partial charge in [-0.1, -0.05) is 13.8 Å². The Bertz CT molecular complexity index is 578. The van der Waals surface area contributed by atoms with Gasteiger partial charge in [0.1, 0.15) is 17.5 Å². The minimum atomic E-state index is -0.652. The molecule has 0 aliphatic heterocycles. The summed E-state index contributed by atoms with van der Waals surface area (Å²) in [6.45, 7) is 4.92. The molecule has 2 N–H and O–H groups in total. The van der Waals surface area contributed by atoms with Crippen molar-refractivity contribution in [3.05, 3.63) is 35.7 Å². The highest BCUT2D eigenvalue weighted by atomic mass is 19.1. The lowest BCUT2D eigenvalue weighted by molar-refractivity contribution is 0.508. The first-order chi connectivity index (χ1) is 9.02. The van der Waals surface area contributed by atoms with Gasteiger partial charge in [-0.05, 0) is 18.1 Å². The lowest BCUT2D eigenvalue weighted by Gasteiger charge is -2.12. The predicted octanol–water partition coefficient (Wildman–Crippen LogP) is 2.34. The molecule has 0 aliphatic rings. The number of hydrogen-bond acceptors (Lipinski definition) is 3. The number of aromatic nitrogens is 3. The first-order valence-electron chi connectivity index (χ1n) is 6.10. The van der Waals surface area contributed by atoms with Gasteiger partial charge in [0.2, 0.25) is 0 Å². The third kappa shape index (κ3) is 2.78. The maximum atomic E-state index is 13.8. The van der Waals surface area contributed by atoms with Gasteiger partial charge in [-0.2, -0.15) is 0 Å². The van der Waals surface area contributed by atoms with E-state index in [1.54, 1.807) is 4.57 Å². The zero-order valence-electron chi connectivity index (χ0n) is 10.9. The van der Waals surface area contributed by atoms with Crippen molar-refractivity contribution < 1.29 is 8.78 Å². The van der Waals surface area contributed by atoms with Gasteiger partial charge in [0.15, 0.2) is 5.82 Å². The molecule has 0 atom stereocenters. The first kappa shape index (κ1) is 13.6. The molecule has 6 heteroatoms. The zero-order valence-corrected chi connectivity index (χ0v) is 10.9. The van der Waals surface area contributed by atoms with Crippen molar-refractivity contribution in [3.63, 3.8) is 0 Å². The number of halogens is 2. The highest BCUT2D eigenvalue weighted by molar-refractivity contribution is 5.56. The molecule has 1 aromatic carbocycles. The molecule has 0 unspecified atom stereocenters. The monoisotopic (exact) mass is 266 g/mol. The van der Waals surface area contributed by atoms with Gasteiger partial charge in [-0.15, -0.1) is 10.2 Å². The number of nitrogens with two attached hydrogens (primary N) is 1. The van der Waals surface area contributed by atoms with E-state index in [1.807, 2.05) is 13.8 Å². The topological polar surface area (TPSA) is 56.7 Å². The average Bonchev–Trinajstić information content (AvgIpc) is 2.71. The normalized spacial score (nSPS) is 11.3. The Morgan fingerprint density at radius 2 is 2.00 bits per heavy atom. The molecule has 102 valence electrons. The molecule has 1 heterocycles. The van der Waals surface area contributed by atoms with E-state index >= 15 is 0 Å². The third-order valence-electron chi connectivity index (χ3n) is 2.73. The molecule has 0 saturated carbocycles. The van der Waals surface area contributed by atoms with Crippen molar-refractivity contribution in [1.82, 2.24) is 14.8 Å². The fourth-order valence-corrected chi connectivity index (χ4v) is 1.91. The van der Waals surface area contributed by atoms with E-state index in [4.69, 9.17) is 5.73 Å². The molecule has 0 fully saturated rings. The third-order valence-corrected chi connectivity index (χ3v) is 2.73. The molecular weight excluding hydrogens is 250 g/mol. The number of rotatable bonds is 4. The fraction of sp³-hybridized carbons (Fsp3) is 0.385. The van der Waals surface area contributed by atoms with Crippen LogP contribution in [-0.4, -0.2) is 14.8 Å². The SMILES string of the molecule is CC(C)Cn1c(CN)nnc1-c1ccc(F)cc1F. The van der Waals surface area contributed by atoms with E-state index in [-0.39, 0.29) is 12.1 Å². The van der Waals surface area contributed by atoms with Gasteiger partial charge in [-0.25, -0.2) is 8.78 Å². The van der Waals surface area contributed by atoms with Crippen LogP contribution in [0.1, 0.15) is 19.7 Å². The Kier molecular flexibility index (Phi) is 3.90. The number of nitrogens with zero attached hydrogens (tertiary/aromatic N) is 3. The van der Waals surface area contributed by atoms with Crippen LogP contribution in [0.4, 0.5) is 8.78 Å². The Morgan fingerprint density at radius 3 is 2.58 bits per heavy atom. The van der Waals surface area contributed by atoms with Crippen molar-refractivity contribution >= 4 is 0 Å². The van der Waals surface area contributed by atoms with Crippen LogP contribution in [0.25, 0.3) is 11.4 Å². The maximum Gasteiger partial charge on any atom is 0.166 e. The molecule has 0 amide bonds. The van der Waals surface area contributed by atoms with Crippen LogP contribution < -0.4 is 5.73 Å². The summed E-state index contributed by atoms with van der Waals surface area (Å²) in [7, 11) is 0. The van der Waals surface area contributed by atoms with E-state index in [0.29, 0.717) is 24.1 Å². The lowest BCUT2D eigenvalue weighted by Crippen LogP contribution is -2.13. The van der Waals surface area contributed by atoms with Crippen LogP contribution in [0, 0.1) is 17.6 Å². The quantitative estimate of drug-likeness (QED) is 0.924. The molecule has 19 heavy (non-hydrogen) atoms. The van der Waals surface area contributed by atoms with Crippen molar-refractivity contribution in [1.29, 1.82) is 0 Å². The van der Waals surface area contributed by atoms with Crippen molar-refractivity contribution in [2.75, 3.05) is 0 Å². The van der Waals surface area contributed by atoms with Crippen molar-refractivity contribution in [2.45, 2.75) is 26.9 Å². The van der Waals surface area contributed by atoms with E-state index in [1.165, 1.54) is 12.1 Å². The summed E-state index contributed by atoms with van der Waals surface area (Å²) in [6.07, 6.45) is 0. The molecule has 4 nitrogen and oxygen atoms in total. The number of hydrogen-bond donors (Lipinski definition) is 1. The fourth-order valence-electron chi connectivity index (χ4n) is 1.91. The van der Waals surface area contributed by atoms with Crippen molar-refractivity contribution in [2.24, 2.45) is 11.7 Å². The molecule has 0 spiro atoms. The van der Waals surface area contributed by atoms with Crippen LogP contribution in [-0.2, 0) is 13.1 Å². The van der Waals surface area contributed by atoms with Crippen LogP contribution >= 0.6 is 0 Å². The summed E-state index contributed by atoms with van der Waals surface area (Å²) in [6, 6.07) is 3.41. The largest absolute Gasteiger partial charge is 0.324 e.